The van der Waals surface area contributed by atoms with Gasteiger partial charge >= 0.3 is 5.97 Å². The second-order valence-corrected chi connectivity index (χ2v) is 3.85. The molecule has 0 aliphatic rings. The quantitative estimate of drug-likeness (QED) is 0.783. The van der Waals surface area contributed by atoms with Crippen molar-refractivity contribution in [2.75, 3.05) is 5.32 Å². The summed E-state index contributed by atoms with van der Waals surface area (Å²) in [6.45, 7) is 3.85. The fraction of sp³-hybridized carbons (Fsp3) is 0.231. The Morgan fingerprint density at radius 2 is 1.83 bits per heavy atom. The van der Waals surface area contributed by atoms with E-state index in [1.807, 2.05) is 13.8 Å². The van der Waals surface area contributed by atoms with E-state index in [1.54, 1.807) is 24.3 Å². The molecule has 0 radical (unpaired) electrons. The smallest absolute Gasteiger partial charge is 0.328 e. The van der Waals surface area contributed by atoms with Crippen molar-refractivity contribution in [1.29, 1.82) is 0 Å². The van der Waals surface area contributed by atoms with Crippen LogP contribution in [0.4, 0.5) is 5.69 Å². The number of nitrogens with one attached hydrogen (secondary N) is 1. The van der Waals surface area contributed by atoms with Gasteiger partial charge in [0, 0.05) is 17.8 Å². The lowest BCUT2D eigenvalue weighted by Gasteiger charge is -2.10. The van der Waals surface area contributed by atoms with Crippen LogP contribution in [0, 0.1) is 0 Å². The molecule has 1 rings (SSSR count). The number of carbonyl (C=O) groups is 2. The summed E-state index contributed by atoms with van der Waals surface area (Å²) in [6.07, 6.45) is 1.83. The summed E-state index contributed by atoms with van der Waals surface area (Å²) in [7, 11) is 0. The normalized spacial score (nSPS) is 10.6. The maximum atomic E-state index is 11.3. The highest BCUT2D eigenvalue weighted by Crippen LogP contribution is 2.16. The Kier molecular flexibility index (Phi) is 4.92. The van der Waals surface area contributed by atoms with Crippen LogP contribution in [0.2, 0.25) is 0 Å². The van der Waals surface area contributed by atoms with Crippen molar-refractivity contribution in [3.63, 3.8) is 0 Å². The van der Waals surface area contributed by atoms with Crippen molar-refractivity contribution in [3.8, 4) is 5.75 Å². The maximum Gasteiger partial charge on any atom is 0.328 e. The molecule has 0 atom stereocenters. The molecule has 5 heteroatoms. The second-order valence-electron chi connectivity index (χ2n) is 3.85. The van der Waals surface area contributed by atoms with E-state index < -0.39 is 11.9 Å². The monoisotopic (exact) mass is 249 g/mol. The zero-order valence-corrected chi connectivity index (χ0v) is 10.2. The number of amides is 1. The minimum atomic E-state index is -1.16. The van der Waals surface area contributed by atoms with Crippen molar-refractivity contribution in [2.24, 2.45) is 0 Å². The minimum absolute atomic E-state index is 0.0870. The van der Waals surface area contributed by atoms with Crippen LogP contribution < -0.4 is 10.1 Å². The molecule has 1 amide bonds. The summed E-state index contributed by atoms with van der Waals surface area (Å²) < 4.78 is 5.45. The first kappa shape index (κ1) is 13.8. The number of rotatable bonds is 5. The molecule has 0 aliphatic heterocycles. The van der Waals surface area contributed by atoms with Gasteiger partial charge in [0.15, 0.2) is 0 Å². The molecule has 96 valence electrons. The molecule has 1 aromatic carbocycles. The van der Waals surface area contributed by atoms with Crippen LogP contribution in [0.5, 0.6) is 5.75 Å². The number of carboxylic acids is 1. The van der Waals surface area contributed by atoms with Crippen LogP contribution >= 0.6 is 0 Å². The van der Waals surface area contributed by atoms with Crippen molar-refractivity contribution < 1.29 is 19.4 Å². The highest BCUT2D eigenvalue weighted by atomic mass is 16.5. The van der Waals surface area contributed by atoms with Gasteiger partial charge in [0.1, 0.15) is 5.75 Å². The number of hydrogen-bond donors (Lipinski definition) is 2. The third-order valence-electron chi connectivity index (χ3n) is 1.87. The molecule has 0 saturated heterocycles. The third kappa shape index (κ3) is 5.16. The number of carbonyl (C=O) groups excluding carboxylic acids is 1. The first-order chi connectivity index (χ1) is 8.47. The molecule has 18 heavy (non-hydrogen) atoms. The van der Waals surface area contributed by atoms with E-state index in [1.165, 1.54) is 0 Å². The van der Waals surface area contributed by atoms with E-state index >= 15 is 0 Å². The molecule has 0 aromatic heterocycles. The van der Waals surface area contributed by atoms with E-state index in [2.05, 4.69) is 5.32 Å². The lowest BCUT2D eigenvalue weighted by atomic mass is 10.3. The van der Waals surface area contributed by atoms with Gasteiger partial charge in [-0.05, 0) is 38.1 Å². The van der Waals surface area contributed by atoms with Crippen molar-refractivity contribution in [3.05, 3.63) is 36.4 Å². The van der Waals surface area contributed by atoms with Gasteiger partial charge in [-0.1, -0.05) is 0 Å². The van der Waals surface area contributed by atoms with Gasteiger partial charge in [-0.2, -0.15) is 0 Å². The Morgan fingerprint density at radius 1 is 1.22 bits per heavy atom. The highest BCUT2D eigenvalue weighted by Gasteiger charge is 2.00. The van der Waals surface area contributed by atoms with Gasteiger partial charge in [-0.3, -0.25) is 4.79 Å². The Bertz CT molecular complexity index is 449. The number of carboxylic acid groups (broad SMARTS) is 1. The largest absolute Gasteiger partial charge is 0.491 e. The molecular weight excluding hydrogens is 234 g/mol. The van der Waals surface area contributed by atoms with Crippen molar-refractivity contribution in [1.82, 2.24) is 0 Å². The lowest BCUT2D eigenvalue weighted by molar-refractivity contribution is -0.131. The average Bonchev–Trinajstić information content (AvgIpc) is 2.28. The van der Waals surface area contributed by atoms with Gasteiger partial charge in [0.05, 0.1) is 6.10 Å². The van der Waals surface area contributed by atoms with E-state index in [9.17, 15) is 9.59 Å². The molecule has 0 heterocycles. The lowest BCUT2D eigenvalue weighted by Crippen LogP contribution is -2.09. The molecule has 0 fully saturated rings. The Morgan fingerprint density at radius 3 is 2.33 bits per heavy atom. The topological polar surface area (TPSA) is 75.6 Å². The first-order valence-corrected chi connectivity index (χ1v) is 5.46. The predicted octanol–water partition coefficient (Wildman–Crippen LogP) is 2.05. The van der Waals surface area contributed by atoms with Gasteiger partial charge in [0.2, 0.25) is 5.91 Å². The summed E-state index contributed by atoms with van der Waals surface area (Å²) in [5, 5.41) is 10.9. The summed E-state index contributed by atoms with van der Waals surface area (Å²) in [5.74, 6) is -0.940. The van der Waals surface area contributed by atoms with Gasteiger partial charge in [0.25, 0.3) is 0 Å². The van der Waals surface area contributed by atoms with Gasteiger partial charge in [-0.25, -0.2) is 4.79 Å². The second kappa shape index (κ2) is 6.44. The molecule has 2 N–H and O–H groups in total. The zero-order valence-electron chi connectivity index (χ0n) is 10.2. The molecule has 0 saturated carbocycles. The minimum Gasteiger partial charge on any atom is -0.491 e. The molecule has 0 aliphatic carbocycles. The summed E-state index contributed by atoms with van der Waals surface area (Å²) in [5.41, 5.74) is 0.575. The summed E-state index contributed by atoms with van der Waals surface area (Å²) in [4.78, 5) is 21.5. The van der Waals surface area contributed by atoms with Gasteiger partial charge < -0.3 is 15.2 Å². The third-order valence-corrected chi connectivity index (χ3v) is 1.87. The Hall–Kier alpha value is -2.30. The van der Waals surface area contributed by atoms with E-state index in [0.29, 0.717) is 11.4 Å². The number of benzene rings is 1. The molecular formula is C13H15NO4. The molecule has 1 aromatic rings. The summed E-state index contributed by atoms with van der Waals surface area (Å²) >= 11 is 0. The Balaban J connectivity index is 2.58. The summed E-state index contributed by atoms with van der Waals surface area (Å²) in [6, 6.07) is 6.83. The van der Waals surface area contributed by atoms with Crippen LogP contribution in [0.1, 0.15) is 13.8 Å². The van der Waals surface area contributed by atoms with E-state index in [-0.39, 0.29) is 6.10 Å². The van der Waals surface area contributed by atoms with E-state index in [4.69, 9.17) is 9.84 Å². The molecule has 5 nitrogen and oxygen atoms in total. The SMILES string of the molecule is CC(C)Oc1ccc(NC(=O)/C=C/C(=O)O)cc1. The molecule has 0 unspecified atom stereocenters. The standard InChI is InChI=1S/C13H15NO4/c1-9(2)18-11-5-3-10(4-6-11)14-12(15)7-8-13(16)17/h3-9H,1-2H3,(H,14,15)(H,16,17)/b8-7+. The van der Waals surface area contributed by atoms with E-state index in [0.717, 1.165) is 12.2 Å². The van der Waals surface area contributed by atoms with Crippen molar-refractivity contribution >= 4 is 17.6 Å². The Labute approximate surface area is 105 Å². The number of aliphatic carboxylic acids is 1. The average molecular weight is 249 g/mol. The first-order valence-electron chi connectivity index (χ1n) is 5.46. The molecule has 0 spiro atoms. The fourth-order valence-electron chi connectivity index (χ4n) is 1.22. The van der Waals surface area contributed by atoms with Crippen LogP contribution in [0.15, 0.2) is 36.4 Å². The zero-order chi connectivity index (χ0) is 13.5. The number of ether oxygens (including phenoxy) is 1. The predicted molar refractivity (Wildman–Crippen MR) is 67.6 cm³/mol. The van der Waals surface area contributed by atoms with Crippen LogP contribution in [0.3, 0.4) is 0 Å². The van der Waals surface area contributed by atoms with Crippen molar-refractivity contribution in [2.45, 2.75) is 20.0 Å². The van der Waals surface area contributed by atoms with Gasteiger partial charge in [-0.15, -0.1) is 0 Å². The van der Waals surface area contributed by atoms with Crippen LogP contribution in [0.25, 0.3) is 0 Å². The van der Waals surface area contributed by atoms with Crippen LogP contribution in [-0.4, -0.2) is 23.1 Å². The highest BCUT2D eigenvalue weighted by molar-refractivity contribution is 6.02. The fourth-order valence-corrected chi connectivity index (χ4v) is 1.22. The number of hydrogen-bond acceptors (Lipinski definition) is 3. The maximum absolute atomic E-state index is 11.3. The molecule has 0 bridgehead atoms. The number of anilines is 1. The van der Waals surface area contributed by atoms with Crippen LogP contribution in [-0.2, 0) is 9.59 Å².